The number of aromatic nitrogens is 3. The molecule has 8 nitrogen and oxygen atoms in total. The van der Waals surface area contributed by atoms with Crippen LogP contribution in [0.3, 0.4) is 0 Å². The van der Waals surface area contributed by atoms with Crippen LogP contribution in [0.5, 0.6) is 0 Å². The van der Waals surface area contributed by atoms with Crippen molar-refractivity contribution < 1.29 is 14.4 Å². The van der Waals surface area contributed by atoms with E-state index in [2.05, 4.69) is 20.4 Å². The molecule has 3 aromatic rings. The highest BCUT2D eigenvalue weighted by atomic mass is 16.5. The molecular formula is C22H25N5O3. The number of nitrogens with one attached hydrogen (secondary N) is 1. The van der Waals surface area contributed by atoms with Crippen molar-refractivity contribution in [2.75, 3.05) is 18.0 Å². The smallest absolute Gasteiger partial charge is 0.324 e. The lowest BCUT2D eigenvalue weighted by atomic mass is 9.77. The number of anilines is 1. The van der Waals surface area contributed by atoms with Crippen LogP contribution in [0.15, 0.2) is 53.2 Å². The summed E-state index contributed by atoms with van der Waals surface area (Å²) in [5, 5.41) is 17.8. The third kappa shape index (κ3) is 3.47. The Morgan fingerprint density at radius 2 is 1.90 bits per heavy atom. The fourth-order valence-electron chi connectivity index (χ4n) is 4.73. The van der Waals surface area contributed by atoms with Crippen molar-refractivity contribution in [3.05, 3.63) is 54.4 Å². The summed E-state index contributed by atoms with van der Waals surface area (Å²) in [6.45, 7) is 1.56. The van der Waals surface area contributed by atoms with Gasteiger partial charge in [-0.1, -0.05) is 35.5 Å². The number of benzene rings is 1. The minimum atomic E-state index is -0.557. The van der Waals surface area contributed by atoms with Gasteiger partial charge in [0.15, 0.2) is 0 Å². The molecule has 156 valence electrons. The zero-order chi connectivity index (χ0) is 20.7. The highest BCUT2D eigenvalue weighted by Crippen LogP contribution is 2.38. The highest BCUT2D eigenvalue weighted by Gasteiger charge is 2.43. The Balaban J connectivity index is 1.25. The summed E-state index contributed by atoms with van der Waals surface area (Å²) in [7, 11) is 1.84. The molecule has 2 N–H and O–H groups in total. The summed E-state index contributed by atoms with van der Waals surface area (Å²) >= 11 is 0. The molecule has 4 atom stereocenters. The summed E-state index contributed by atoms with van der Waals surface area (Å²) in [5.74, 6) is 1.13. The zero-order valence-corrected chi connectivity index (χ0v) is 16.8. The van der Waals surface area contributed by atoms with E-state index in [0.717, 1.165) is 25.1 Å². The molecule has 1 amide bonds. The molecule has 2 fully saturated rings. The number of amides is 1. The third-order valence-corrected chi connectivity index (χ3v) is 6.35. The van der Waals surface area contributed by atoms with Gasteiger partial charge < -0.3 is 24.4 Å². The van der Waals surface area contributed by atoms with Crippen LogP contribution in [-0.2, 0) is 7.05 Å². The van der Waals surface area contributed by atoms with Crippen LogP contribution >= 0.6 is 0 Å². The third-order valence-electron chi connectivity index (χ3n) is 6.35. The number of carbonyl (C=O) groups excluding carboxylic acids is 1. The number of carbonyl (C=O) groups is 1. The quantitative estimate of drug-likeness (QED) is 0.687. The lowest BCUT2D eigenvalue weighted by Crippen LogP contribution is -2.49. The van der Waals surface area contributed by atoms with Crippen LogP contribution in [0.2, 0.25) is 0 Å². The van der Waals surface area contributed by atoms with Crippen molar-refractivity contribution in [2.45, 2.75) is 25.0 Å². The Labute approximate surface area is 174 Å². The molecule has 0 spiro atoms. The second-order valence-electron chi connectivity index (χ2n) is 8.31. The maximum Gasteiger partial charge on any atom is 0.324 e. The topological polar surface area (TPSA) is 96.4 Å². The Morgan fingerprint density at radius 1 is 1.13 bits per heavy atom. The van der Waals surface area contributed by atoms with Gasteiger partial charge in [0, 0.05) is 31.9 Å². The van der Waals surface area contributed by atoms with E-state index < -0.39 is 6.10 Å². The van der Waals surface area contributed by atoms with E-state index in [-0.39, 0.29) is 11.9 Å². The maximum absolute atomic E-state index is 12.6. The van der Waals surface area contributed by atoms with Crippen molar-refractivity contribution >= 4 is 11.9 Å². The molecule has 1 aliphatic heterocycles. The fourth-order valence-corrected chi connectivity index (χ4v) is 4.73. The number of nitrogens with zero attached hydrogens (tertiary/aromatic N) is 4. The number of aliphatic hydroxyl groups excluding tert-OH is 1. The summed E-state index contributed by atoms with van der Waals surface area (Å²) in [5.41, 5.74) is 1.51. The largest absolute Gasteiger partial charge is 0.391 e. The number of fused-ring (bicyclic) bond motifs is 1. The SMILES string of the molecule is Cn1cccc1C(=O)N[C@H]1C[C@H]2CN(c3nc(-c4ccccc4)no3)C[C@H]2C[C@@H]1O. The van der Waals surface area contributed by atoms with Gasteiger partial charge in [-0.05, 0) is 36.8 Å². The predicted octanol–water partition coefficient (Wildman–Crippen LogP) is 2.08. The molecule has 0 radical (unpaired) electrons. The van der Waals surface area contributed by atoms with Crippen LogP contribution < -0.4 is 10.2 Å². The highest BCUT2D eigenvalue weighted by molar-refractivity contribution is 5.92. The molecule has 1 aliphatic carbocycles. The Hall–Kier alpha value is -3.13. The van der Waals surface area contributed by atoms with Crippen LogP contribution in [0.4, 0.5) is 6.01 Å². The van der Waals surface area contributed by atoms with Crippen LogP contribution in [0.1, 0.15) is 23.3 Å². The first-order valence-corrected chi connectivity index (χ1v) is 10.3. The maximum atomic E-state index is 12.6. The standard InChI is InChI=1S/C22H25N5O3/c1-26-9-5-8-18(26)21(29)23-17-10-15-12-27(13-16(15)11-19(17)28)22-24-20(25-30-22)14-6-3-2-4-7-14/h2-9,15-17,19,28H,10-13H2,1H3,(H,23,29)/t15-,16+,17-,19-/m0/s1. The molecule has 5 rings (SSSR count). The van der Waals surface area contributed by atoms with Crippen molar-refractivity contribution in [3.8, 4) is 11.4 Å². The molecular weight excluding hydrogens is 382 g/mol. The zero-order valence-electron chi connectivity index (χ0n) is 16.8. The van der Waals surface area contributed by atoms with E-state index in [0.29, 0.717) is 35.8 Å². The van der Waals surface area contributed by atoms with E-state index in [4.69, 9.17) is 4.52 Å². The molecule has 8 heteroatoms. The van der Waals surface area contributed by atoms with Gasteiger partial charge in [-0.3, -0.25) is 4.79 Å². The van der Waals surface area contributed by atoms with Gasteiger partial charge in [0.25, 0.3) is 5.91 Å². The van der Waals surface area contributed by atoms with Crippen LogP contribution in [0, 0.1) is 11.8 Å². The molecule has 30 heavy (non-hydrogen) atoms. The molecule has 1 aromatic carbocycles. The molecule has 3 heterocycles. The van der Waals surface area contributed by atoms with Gasteiger partial charge in [0.1, 0.15) is 5.69 Å². The molecule has 0 bridgehead atoms. The van der Waals surface area contributed by atoms with Gasteiger partial charge in [0.05, 0.1) is 12.1 Å². The van der Waals surface area contributed by atoms with E-state index in [1.807, 2.05) is 49.6 Å². The number of aliphatic hydroxyl groups is 1. The van der Waals surface area contributed by atoms with Gasteiger partial charge in [-0.2, -0.15) is 4.98 Å². The lowest BCUT2D eigenvalue weighted by molar-refractivity contribution is 0.0459. The molecule has 0 unspecified atom stereocenters. The summed E-state index contributed by atoms with van der Waals surface area (Å²) in [6.07, 6.45) is 2.67. The molecule has 2 aromatic heterocycles. The fraction of sp³-hybridized carbons (Fsp3) is 0.409. The predicted molar refractivity (Wildman–Crippen MR) is 111 cm³/mol. The van der Waals surface area contributed by atoms with Gasteiger partial charge in [-0.15, -0.1) is 0 Å². The van der Waals surface area contributed by atoms with Gasteiger partial charge in [0.2, 0.25) is 5.82 Å². The monoisotopic (exact) mass is 407 g/mol. The Kier molecular flexibility index (Phi) is 4.78. The summed E-state index contributed by atoms with van der Waals surface area (Å²) < 4.78 is 7.30. The van der Waals surface area contributed by atoms with E-state index in [9.17, 15) is 9.90 Å². The summed E-state index contributed by atoms with van der Waals surface area (Å²) in [4.78, 5) is 19.2. The molecule has 2 aliphatic rings. The van der Waals surface area contributed by atoms with Crippen molar-refractivity contribution in [3.63, 3.8) is 0 Å². The minimum absolute atomic E-state index is 0.149. The molecule has 1 saturated carbocycles. The van der Waals surface area contributed by atoms with E-state index in [1.54, 1.807) is 10.6 Å². The minimum Gasteiger partial charge on any atom is -0.391 e. The second kappa shape index (κ2) is 7.60. The van der Waals surface area contributed by atoms with Crippen molar-refractivity contribution in [2.24, 2.45) is 18.9 Å². The van der Waals surface area contributed by atoms with Gasteiger partial charge in [-0.25, -0.2) is 0 Å². The van der Waals surface area contributed by atoms with Gasteiger partial charge >= 0.3 is 6.01 Å². The number of hydrogen-bond acceptors (Lipinski definition) is 6. The number of hydrogen-bond donors (Lipinski definition) is 2. The first-order valence-electron chi connectivity index (χ1n) is 10.3. The Bertz CT molecular complexity index is 1030. The van der Waals surface area contributed by atoms with Crippen LogP contribution in [0.25, 0.3) is 11.4 Å². The van der Waals surface area contributed by atoms with E-state index >= 15 is 0 Å². The average Bonchev–Trinajstić information content (AvgIpc) is 3.48. The van der Waals surface area contributed by atoms with Crippen molar-refractivity contribution in [1.82, 2.24) is 20.0 Å². The first kappa shape index (κ1) is 18.9. The average molecular weight is 407 g/mol. The van der Waals surface area contributed by atoms with Crippen molar-refractivity contribution in [1.29, 1.82) is 0 Å². The first-order chi connectivity index (χ1) is 14.6. The second-order valence-corrected chi connectivity index (χ2v) is 8.31. The van der Waals surface area contributed by atoms with E-state index in [1.165, 1.54) is 0 Å². The number of rotatable bonds is 4. The molecule has 1 saturated heterocycles. The normalized spacial score (nSPS) is 25.9. The Morgan fingerprint density at radius 3 is 2.63 bits per heavy atom. The van der Waals surface area contributed by atoms with Crippen LogP contribution in [-0.4, -0.2) is 51.0 Å². The number of aryl methyl sites for hydroxylation is 1. The lowest BCUT2D eigenvalue weighted by Gasteiger charge is -2.35. The summed E-state index contributed by atoms with van der Waals surface area (Å²) in [6, 6.07) is 13.6.